The molecule has 1 saturated heterocycles. The van der Waals surface area contributed by atoms with Crippen molar-refractivity contribution in [3.63, 3.8) is 0 Å². The monoisotopic (exact) mass is 507 g/mol. The van der Waals surface area contributed by atoms with Crippen molar-refractivity contribution in [3.8, 4) is 0 Å². The quantitative estimate of drug-likeness (QED) is 0.117. The number of H-pyrrole nitrogens is 1. The van der Waals surface area contributed by atoms with E-state index in [9.17, 15) is 19.5 Å². The van der Waals surface area contributed by atoms with Gasteiger partial charge in [0.05, 0.1) is 9.67 Å². The van der Waals surface area contributed by atoms with Gasteiger partial charge in [0.15, 0.2) is 5.96 Å². The Morgan fingerprint density at radius 1 is 1.50 bits per heavy atom. The number of rotatable bonds is 8. The minimum Gasteiger partial charge on any atom is -0.463 e. The van der Waals surface area contributed by atoms with E-state index in [-0.39, 0.29) is 29.0 Å². The molecule has 1 aromatic rings. The van der Waals surface area contributed by atoms with Gasteiger partial charge in [0.1, 0.15) is 12.7 Å². The number of aliphatic imine (C=N–C) groups is 1. The second-order valence-electron chi connectivity index (χ2n) is 6.45. The highest BCUT2D eigenvalue weighted by atomic mass is 125. The van der Waals surface area contributed by atoms with Crippen molar-refractivity contribution >= 4 is 34.5 Å². The SMILES string of the molecule is CCCCCC(=O)OC[C@H]1O[C@@](N=C(N)N)(n2cc([125I])c(=O)[nH]c2=O)C[C@@H]1O. The van der Waals surface area contributed by atoms with Crippen molar-refractivity contribution in [1.29, 1.82) is 0 Å². The van der Waals surface area contributed by atoms with E-state index < -0.39 is 35.3 Å². The van der Waals surface area contributed by atoms with E-state index >= 15 is 0 Å². The summed E-state index contributed by atoms with van der Waals surface area (Å²) in [5.41, 5.74) is 9.59. The summed E-state index contributed by atoms with van der Waals surface area (Å²) < 4.78 is 12.1. The van der Waals surface area contributed by atoms with Gasteiger partial charge >= 0.3 is 11.7 Å². The van der Waals surface area contributed by atoms with E-state index in [1.54, 1.807) is 22.6 Å². The number of halogens is 1. The van der Waals surface area contributed by atoms with Crippen LogP contribution in [0.2, 0.25) is 0 Å². The van der Waals surface area contributed by atoms with Gasteiger partial charge in [-0.3, -0.25) is 19.1 Å². The number of carbonyl (C=O) groups is 1. The van der Waals surface area contributed by atoms with E-state index in [2.05, 4.69) is 9.98 Å². The molecule has 11 nitrogen and oxygen atoms in total. The van der Waals surface area contributed by atoms with Gasteiger partial charge < -0.3 is 26.0 Å². The van der Waals surface area contributed by atoms with Crippen molar-refractivity contribution in [2.75, 3.05) is 6.61 Å². The zero-order chi connectivity index (χ0) is 20.9. The van der Waals surface area contributed by atoms with E-state index in [1.807, 2.05) is 6.92 Å². The standard InChI is InChI=1S/C16H24IN5O6/c1-2-3-4-5-12(24)27-8-11-10(23)6-16(28-11,21-14(18)19)22-7-9(17)13(25)20-15(22)26/h7,10-11,23H,2-6,8H2,1H3,(H4,18,19,21)(H,20,25,26)/t10-,11+,16-/m0/s1/i17-2. The number of nitrogens with two attached hydrogens (primary N) is 2. The summed E-state index contributed by atoms with van der Waals surface area (Å²) in [6, 6.07) is 0. The Labute approximate surface area is 174 Å². The summed E-state index contributed by atoms with van der Waals surface area (Å²) in [6.45, 7) is 1.81. The topological polar surface area (TPSA) is 175 Å². The summed E-state index contributed by atoms with van der Waals surface area (Å²) in [5, 5.41) is 10.4. The van der Waals surface area contributed by atoms with Crippen molar-refractivity contribution in [3.05, 3.63) is 30.6 Å². The van der Waals surface area contributed by atoms with Crippen molar-refractivity contribution in [2.45, 2.75) is 57.1 Å². The van der Waals surface area contributed by atoms with Crippen LogP contribution in [0.3, 0.4) is 0 Å². The van der Waals surface area contributed by atoms with Crippen LogP contribution >= 0.6 is 22.6 Å². The first-order valence-electron chi connectivity index (χ1n) is 8.82. The summed E-state index contributed by atoms with van der Waals surface area (Å²) >= 11 is 1.74. The number of nitrogens with zero attached hydrogens (tertiary/aromatic N) is 2. The molecule has 1 fully saturated rings. The van der Waals surface area contributed by atoms with Crippen LogP contribution in [0.1, 0.15) is 39.0 Å². The number of aromatic amines is 1. The lowest BCUT2D eigenvalue weighted by molar-refractivity contribution is -0.156. The van der Waals surface area contributed by atoms with Gasteiger partial charge in [0.25, 0.3) is 11.4 Å². The number of aliphatic hydroxyl groups excluding tert-OH is 1. The molecule has 2 heterocycles. The molecule has 0 unspecified atom stereocenters. The molecule has 1 aliphatic heterocycles. The third kappa shape index (κ3) is 5.32. The van der Waals surface area contributed by atoms with Gasteiger partial charge in [-0.15, -0.1) is 0 Å². The maximum Gasteiger partial charge on any atom is 0.332 e. The zero-order valence-electron chi connectivity index (χ0n) is 15.4. The molecule has 0 aromatic carbocycles. The molecule has 28 heavy (non-hydrogen) atoms. The number of hydrogen-bond acceptors (Lipinski definition) is 7. The van der Waals surface area contributed by atoms with Crippen LogP contribution in [-0.2, 0) is 20.1 Å². The number of carbonyl (C=O) groups excluding carboxylic acids is 1. The van der Waals surface area contributed by atoms with Crippen molar-refractivity contribution < 1.29 is 19.4 Å². The lowest BCUT2D eigenvalue weighted by atomic mass is 10.1. The van der Waals surface area contributed by atoms with Crippen LogP contribution in [0.5, 0.6) is 0 Å². The minimum atomic E-state index is -1.77. The number of esters is 1. The number of guanidine groups is 1. The van der Waals surface area contributed by atoms with Gasteiger partial charge in [0.2, 0.25) is 0 Å². The fourth-order valence-corrected chi connectivity index (χ4v) is 3.29. The van der Waals surface area contributed by atoms with Crippen LogP contribution in [0.4, 0.5) is 0 Å². The predicted molar refractivity (Wildman–Crippen MR) is 108 cm³/mol. The Kier molecular flexibility index (Phi) is 7.60. The Morgan fingerprint density at radius 2 is 2.21 bits per heavy atom. The van der Waals surface area contributed by atoms with Gasteiger partial charge in [-0.1, -0.05) is 19.8 Å². The maximum absolute atomic E-state index is 12.3. The molecule has 0 radical (unpaired) electrons. The molecular weight excluding hydrogens is 483 g/mol. The molecule has 0 amide bonds. The smallest absolute Gasteiger partial charge is 0.332 e. The first-order chi connectivity index (χ1) is 13.2. The van der Waals surface area contributed by atoms with Crippen LogP contribution < -0.4 is 22.7 Å². The molecule has 0 saturated carbocycles. The summed E-state index contributed by atoms with van der Waals surface area (Å²) in [7, 11) is 0. The first kappa shape index (κ1) is 22.4. The number of aliphatic hydroxyl groups is 1. The molecule has 156 valence electrons. The Hall–Kier alpha value is -1.93. The molecular formula is C16H24IN5O6. The van der Waals surface area contributed by atoms with Crippen LogP contribution in [0.25, 0.3) is 0 Å². The first-order valence-corrected chi connectivity index (χ1v) is 9.90. The molecule has 6 N–H and O–H groups in total. The number of nitrogens with one attached hydrogen (secondary N) is 1. The third-order valence-corrected chi connectivity index (χ3v) is 4.98. The number of hydrogen-bond donors (Lipinski definition) is 4. The fourth-order valence-electron chi connectivity index (χ4n) is 2.87. The van der Waals surface area contributed by atoms with Gasteiger partial charge in [0, 0.05) is 19.0 Å². The van der Waals surface area contributed by atoms with Crippen molar-refractivity contribution in [2.24, 2.45) is 16.5 Å². The number of aromatic nitrogens is 2. The van der Waals surface area contributed by atoms with Crippen LogP contribution in [0, 0.1) is 3.57 Å². The van der Waals surface area contributed by atoms with E-state index in [0.717, 1.165) is 17.4 Å². The largest absolute Gasteiger partial charge is 0.463 e. The highest BCUT2D eigenvalue weighted by molar-refractivity contribution is 14.1. The average Bonchev–Trinajstić information content (AvgIpc) is 2.92. The molecule has 0 aliphatic carbocycles. The molecule has 0 spiro atoms. The van der Waals surface area contributed by atoms with Crippen molar-refractivity contribution in [1.82, 2.24) is 9.55 Å². The highest BCUT2D eigenvalue weighted by Gasteiger charge is 2.49. The molecule has 1 aromatic heterocycles. The van der Waals surface area contributed by atoms with E-state index in [1.165, 1.54) is 6.20 Å². The predicted octanol–water partition coefficient (Wildman–Crippen LogP) is -0.702. The Bertz CT molecular complexity index is 849. The summed E-state index contributed by atoms with van der Waals surface area (Å²) in [5.74, 6) is -2.55. The molecule has 1 aliphatic rings. The van der Waals surface area contributed by atoms with Gasteiger partial charge in [-0.25, -0.2) is 4.79 Å². The molecule has 0 bridgehead atoms. The molecule has 12 heteroatoms. The second-order valence-corrected chi connectivity index (χ2v) is 7.62. The lowest BCUT2D eigenvalue weighted by Gasteiger charge is -2.27. The van der Waals surface area contributed by atoms with Crippen LogP contribution in [0.15, 0.2) is 20.8 Å². The Balaban J connectivity index is 2.22. The van der Waals surface area contributed by atoms with Gasteiger partial charge in [-0.2, -0.15) is 4.99 Å². The summed E-state index contributed by atoms with van der Waals surface area (Å²) in [4.78, 5) is 41.9. The average molecular weight is 507 g/mol. The second kappa shape index (κ2) is 9.52. The van der Waals surface area contributed by atoms with Gasteiger partial charge in [-0.05, 0) is 29.0 Å². The third-order valence-electron chi connectivity index (χ3n) is 4.22. The minimum absolute atomic E-state index is 0.176. The van der Waals surface area contributed by atoms with E-state index in [4.69, 9.17) is 20.9 Å². The normalized spacial score (nSPS) is 24.1. The fraction of sp³-hybridized carbons (Fsp3) is 0.625. The summed E-state index contributed by atoms with van der Waals surface area (Å²) in [6.07, 6.45) is 1.88. The highest BCUT2D eigenvalue weighted by Crippen LogP contribution is 2.36. The number of ether oxygens (including phenoxy) is 2. The molecule has 2 rings (SSSR count). The molecule has 3 atom stereocenters. The van der Waals surface area contributed by atoms with E-state index in [0.29, 0.717) is 6.42 Å². The van der Waals surface area contributed by atoms with Crippen LogP contribution in [-0.4, -0.2) is 45.4 Å². The number of unbranched alkanes of at least 4 members (excludes halogenated alkanes) is 2. The Morgan fingerprint density at radius 3 is 2.86 bits per heavy atom. The maximum atomic E-state index is 12.3. The zero-order valence-corrected chi connectivity index (χ0v) is 17.5. The lowest BCUT2D eigenvalue weighted by Crippen LogP contribution is -2.45.